The number of methoxy groups -OCH3 is 7. The van der Waals surface area contributed by atoms with Crippen molar-refractivity contribution in [1.82, 2.24) is 0 Å². The molecule has 119 heavy (non-hydrogen) atoms. The first-order chi connectivity index (χ1) is 56.9. The third-order valence-electron chi connectivity index (χ3n) is 20.2. The lowest BCUT2D eigenvalue weighted by molar-refractivity contribution is -0.389. The maximum atomic E-state index is 12.4. The number of ether oxygens (including phenoxy) is 21. The van der Waals surface area contributed by atoms with Crippen molar-refractivity contribution in [1.29, 1.82) is 0 Å². The quantitative estimate of drug-likeness (QED) is 0.0160. The molecule has 0 aromatic rings. The van der Waals surface area contributed by atoms with Crippen molar-refractivity contribution in [2.75, 3.05) is 130 Å². The lowest BCUT2D eigenvalue weighted by atomic mass is 9.95. The predicted molar refractivity (Wildman–Crippen MR) is 417 cm³/mol. The first-order valence-corrected chi connectivity index (χ1v) is 46.2. The number of thioether (sulfide) groups is 7. The average Bonchev–Trinajstić information content (AvgIpc) is 0.845. The Morgan fingerprint density at radius 1 is 0.193 bits per heavy atom. The summed E-state index contributed by atoms with van der Waals surface area (Å²) < 4.78 is 123. The van der Waals surface area contributed by atoms with Gasteiger partial charge in [-0.3, -0.25) is 33.6 Å². The van der Waals surface area contributed by atoms with E-state index < -0.39 is 257 Å². The molecule has 0 saturated carbocycles. The van der Waals surface area contributed by atoms with Crippen LogP contribution in [0.3, 0.4) is 0 Å². The zero-order valence-electron chi connectivity index (χ0n) is 66.1. The Balaban J connectivity index is 1.22. The summed E-state index contributed by atoms with van der Waals surface area (Å²) in [4.78, 5) is 86.7. The number of carbonyl (C=O) groups excluding carboxylic acids is 7. The maximum absolute atomic E-state index is 12.4. The number of aliphatic hydroxyl groups is 14. The minimum absolute atomic E-state index is 0.0456. The van der Waals surface area contributed by atoms with E-state index in [1.807, 2.05) is 0 Å². The molecule has 0 radical (unpaired) electrons. The number of esters is 7. The summed E-state index contributed by atoms with van der Waals surface area (Å²) in [5, 5.41) is 172. The number of aliphatic hydroxyl groups excluding tert-OH is 14. The van der Waals surface area contributed by atoms with Crippen molar-refractivity contribution < 1.29 is 205 Å². The molecule has 686 valence electrons. The molecule has 21 fully saturated rings. The first-order valence-electron chi connectivity index (χ1n) is 38.1. The van der Waals surface area contributed by atoms with E-state index in [1.165, 1.54) is 49.8 Å². The fourth-order valence-electron chi connectivity index (χ4n) is 13.5. The van der Waals surface area contributed by atoms with Gasteiger partial charge in [-0.05, 0) is 0 Å². The lowest BCUT2D eigenvalue weighted by Crippen LogP contribution is -2.68. The molecular formula is C70H112O42S7. The van der Waals surface area contributed by atoms with Gasteiger partial charge in [0.1, 0.15) is 128 Å². The Hall–Kier alpha value is -2.38. The third kappa shape index (κ3) is 28.6. The highest BCUT2D eigenvalue weighted by Crippen LogP contribution is 2.42. The van der Waals surface area contributed by atoms with Gasteiger partial charge in [0, 0.05) is 80.5 Å². The molecule has 1 unspecified atom stereocenters. The first kappa shape index (κ1) is 102. The zero-order valence-corrected chi connectivity index (χ0v) is 71.8. The van der Waals surface area contributed by atoms with Crippen LogP contribution in [0.15, 0.2) is 0 Å². The minimum Gasteiger partial charge on any atom is -0.469 e. The van der Waals surface area contributed by atoms with Crippen LogP contribution in [0, 0.1) is 0 Å². The van der Waals surface area contributed by atoms with Gasteiger partial charge in [-0.25, -0.2) is 0 Å². The SMILES string of the molecule is COC(=O)CCSC[C@H]1O[C@@H]2O[C@H]3[C@H](O)[C@@H](O)[C@@H](O[C@H]4[C@H](O)[C@@H](O)[C@@H](O[C@H]5[C@H](O)[C@@H](O)[C@@H](O[C@H]6[C@H](O)[C@@H](O)[C@@H](O[C@H]7[C@H](O)[C@@H](O)[C@@H](O[C@H]8[C@H](O)C(O)[C@@H](O[C@H]1[C@H](O)[C@H]2O)O[C@@H]8CSCCC(=O)OC)O[C@@H]7CSCCC(=O)OC)O[C@@H]6CSCCC(=O)OC)O[C@@H]5CSCCC(=O)OC)O[C@@H]4CSCCC(=O)OC)O[C@@H]3CSCCC(=O)OC. The topological polar surface area (TPSA) is 597 Å². The van der Waals surface area contributed by atoms with Gasteiger partial charge >= 0.3 is 41.8 Å². The van der Waals surface area contributed by atoms with E-state index in [2.05, 4.69) is 0 Å². The molecule has 21 heterocycles. The van der Waals surface area contributed by atoms with Crippen molar-refractivity contribution in [2.45, 2.75) is 260 Å². The van der Waals surface area contributed by atoms with Crippen molar-refractivity contribution in [3.8, 4) is 0 Å². The molecule has 0 aromatic carbocycles. The molecule has 42 nitrogen and oxygen atoms in total. The van der Waals surface area contributed by atoms with Crippen LogP contribution in [0.2, 0.25) is 0 Å². The van der Waals surface area contributed by atoms with Gasteiger partial charge in [-0.2, -0.15) is 82.3 Å². The average molecular weight is 1850 g/mol. The molecule has 0 amide bonds. The van der Waals surface area contributed by atoms with Gasteiger partial charge in [0.25, 0.3) is 0 Å². The van der Waals surface area contributed by atoms with Gasteiger partial charge in [-0.1, -0.05) is 0 Å². The van der Waals surface area contributed by atoms with Gasteiger partial charge < -0.3 is 171 Å². The Kier molecular flexibility index (Phi) is 43.7. The Bertz CT molecular complexity index is 2550. The Morgan fingerprint density at radius 2 is 0.303 bits per heavy atom. The zero-order chi connectivity index (χ0) is 86.9. The summed E-state index contributed by atoms with van der Waals surface area (Å²) >= 11 is 7.33. The number of carbonyl (C=O) groups is 7. The highest BCUT2D eigenvalue weighted by Gasteiger charge is 2.60. The van der Waals surface area contributed by atoms with Crippen LogP contribution < -0.4 is 0 Å². The number of rotatable bonds is 35. The standard InChI is InChI=1S/C70H112O42S7/c1-92-36(71)8-15-113-22-29-57-43(78)50(85)64(99-29)107-58-30(23-114-16-9-37(72)93-2)101-66(52(87)45(58)80)109-60-32(25-116-18-11-39(74)95-4)103-68(54(89)47(60)82)111-62-34(27-118-20-13-41(76)97-6)105-70(56(91)49(62)84)112-63-35(28-119-21-14-42(77)98-7)104-69(55(90)48(63)83)110-61-33(26-117-19-12-40(75)96-5)102-67(53(88)46(61)81)108-59-31(24-115-17-10-38(73)94-3)100-65(106-57)51(86)44(59)79/h29-35,43-70,78-91H,8-28H2,1-7H3/t29-,30-,31-,32-,33-,34-,35-,43-,44-,45-,46-,47-,48-,49-,50-,51-,52-,53-,54-,55-,56?,57-,58-,59-,60-,61-,62-,63-,64-,65-,66-,67-,68-,69-,70-/m1/s1. The largest absolute Gasteiger partial charge is 0.469 e. The van der Waals surface area contributed by atoms with E-state index in [-0.39, 0.29) is 125 Å². The molecule has 0 spiro atoms. The van der Waals surface area contributed by atoms with E-state index in [9.17, 15) is 105 Å². The molecular weight excluding hydrogens is 1740 g/mol. The van der Waals surface area contributed by atoms with Gasteiger partial charge in [0.2, 0.25) is 0 Å². The maximum Gasteiger partial charge on any atom is 0.306 e. The summed E-state index contributed by atoms with van der Waals surface area (Å²) in [6.45, 7) is 0. The predicted octanol–water partition coefficient (Wildman–Crippen LogP) is -6.10. The summed E-state index contributed by atoms with van der Waals surface area (Å²) in [6.07, 6.45) is -68.6. The smallest absolute Gasteiger partial charge is 0.306 e. The molecule has 0 aromatic heterocycles. The second kappa shape index (κ2) is 51.0. The van der Waals surface area contributed by atoms with Crippen molar-refractivity contribution in [3.05, 3.63) is 0 Å². The fourth-order valence-corrected chi connectivity index (χ4v) is 20.4. The highest BCUT2D eigenvalue weighted by molar-refractivity contribution is 8.00. The lowest BCUT2D eigenvalue weighted by Gasteiger charge is -2.50. The molecule has 49 heteroatoms. The highest BCUT2D eigenvalue weighted by atomic mass is 32.2. The summed E-state index contributed by atoms with van der Waals surface area (Å²) in [5.74, 6) is -5.65. The summed E-state index contributed by atoms with van der Waals surface area (Å²) in [7, 11) is 8.17. The molecule has 14 N–H and O–H groups in total. The molecule has 0 aliphatic carbocycles. The van der Waals surface area contributed by atoms with Crippen LogP contribution in [0.4, 0.5) is 0 Å². The molecule has 14 bridgehead atoms. The second-order valence-electron chi connectivity index (χ2n) is 28.2. The van der Waals surface area contributed by atoms with Gasteiger partial charge in [-0.15, -0.1) is 0 Å². The normalized spacial score (nSPS) is 39.6. The van der Waals surface area contributed by atoms with E-state index in [4.69, 9.17) is 99.5 Å². The summed E-state index contributed by atoms with van der Waals surface area (Å²) in [5.41, 5.74) is 0. The monoisotopic (exact) mass is 1850 g/mol. The van der Waals surface area contributed by atoms with Crippen LogP contribution in [-0.2, 0) is 133 Å². The Labute approximate surface area is 714 Å². The van der Waals surface area contributed by atoms with Crippen molar-refractivity contribution >= 4 is 124 Å². The van der Waals surface area contributed by atoms with Crippen LogP contribution >= 0.6 is 82.3 Å². The van der Waals surface area contributed by atoms with Gasteiger partial charge in [0.05, 0.1) is 137 Å². The van der Waals surface area contributed by atoms with E-state index in [0.717, 1.165) is 82.3 Å². The fraction of sp³-hybridized carbons (Fsp3) is 0.900. The summed E-state index contributed by atoms with van der Waals surface area (Å²) in [6, 6.07) is 0. The molecule has 21 aliphatic heterocycles. The second-order valence-corrected chi connectivity index (χ2v) is 36.2. The van der Waals surface area contributed by atoms with Crippen LogP contribution in [0.5, 0.6) is 0 Å². The molecule has 35 atom stereocenters. The van der Waals surface area contributed by atoms with E-state index >= 15 is 0 Å². The van der Waals surface area contributed by atoms with Crippen LogP contribution in [0.1, 0.15) is 44.9 Å². The van der Waals surface area contributed by atoms with Gasteiger partial charge in [0.15, 0.2) is 44.0 Å². The minimum atomic E-state index is -2.21. The molecule has 21 rings (SSSR count). The Morgan fingerprint density at radius 3 is 0.403 bits per heavy atom. The molecule has 21 saturated heterocycles. The van der Waals surface area contributed by atoms with E-state index in [0.29, 0.717) is 0 Å². The number of hydrogen-bond acceptors (Lipinski definition) is 49. The van der Waals surface area contributed by atoms with Crippen molar-refractivity contribution in [3.63, 3.8) is 0 Å². The van der Waals surface area contributed by atoms with Crippen LogP contribution in [-0.4, -0.2) is 459 Å². The third-order valence-corrected chi connectivity index (χ3v) is 27.6. The van der Waals surface area contributed by atoms with Crippen LogP contribution in [0.25, 0.3) is 0 Å². The van der Waals surface area contributed by atoms with E-state index in [1.54, 1.807) is 0 Å². The number of hydrogen-bond donors (Lipinski definition) is 14. The van der Waals surface area contributed by atoms with Crippen molar-refractivity contribution in [2.24, 2.45) is 0 Å². The molecule has 21 aliphatic rings.